The zero-order valence-corrected chi connectivity index (χ0v) is 12.0. The van der Waals surface area contributed by atoms with E-state index in [-0.39, 0.29) is 23.0 Å². The van der Waals surface area contributed by atoms with Gasteiger partial charge < -0.3 is 10.1 Å². The molecule has 0 aliphatic heterocycles. The summed E-state index contributed by atoms with van der Waals surface area (Å²) in [5, 5.41) is 2.56. The average molecular weight is 312 g/mol. The summed E-state index contributed by atoms with van der Waals surface area (Å²) in [6.07, 6.45) is 6.16. The molecule has 21 heavy (non-hydrogen) atoms. The fourth-order valence-electron chi connectivity index (χ4n) is 2.06. The third-order valence-electron chi connectivity index (χ3n) is 3.11. The first-order valence-electron chi connectivity index (χ1n) is 6.62. The van der Waals surface area contributed by atoms with Gasteiger partial charge in [0.15, 0.2) is 6.61 Å². The van der Waals surface area contributed by atoms with Gasteiger partial charge in [0, 0.05) is 5.02 Å². The summed E-state index contributed by atoms with van der Waals surface area (Å²) < 4.78 is 18.3. The second-order valence-corrected chi connectivity index (χ2v) is 5.24. The van der Waals surface area contributed by atoms with E-state index in [0.717, 1.165) is 18.9 Å². The molecule has 1 aliphatic carbocycles. The minimum atomic E-state index is -0.640. The molecule has 1 atom stereocenters. The zero-order valence-electron chi connectivity index (χ0n) is 11.3. The number of halogens is 2. The van der Waals surface area contributed by atoms with Crippen LogP contribution in [-0.4, -0.2) is 18.5 Å². The van der Waals surface area contributed by atoms with Gasteiger partial charge in [-0.1, -0.05) is 23.8 Å². The number of carbonyl (C=O) groups excluding carboxylic acids is 2. The maximum absolute atomic E-state index is 13.5. The van der Waals surface area contributed by atoms with Crippen molar-refractivity contribution in [3.05, 3.63) is 41.2 Å². The molecule has 1 aromatic carbocycles. The Morgan fingerprint density at radius 1 is 1.43 bits per heavy atom. The van der Waals surface area contributed by atoms with Gasteiger partial charge in [0.1, 0.15) is 5.82 Å². The van der Waals surface area contributed by atoms with Crippen LogP contribution in [-0.2, 0) is 14.3 Å². The van der Waals surface area contributed by atoms with Crippen LogP contribution in [0.1, 0.15) is 19.3 Å². The van der Waals surface area contributed by atoms with Crippen molar-refractivity contribution in [2.24, 2.45) is 5.92 Å². The third-order valence-corrected chi connectivity index (χ3v) is 3.35. The average Bonchev–Trinajstić information content (AvgIpc) is 2.92. The molecule has 0 unspecified atom stereocenters. The number of hydrogen-bond acceptors (Lipinski definition) is 3. The van der Waals surface area contributed by atoms with Crippen LogP contribution in [0.2, 0.25) is 5.02 Å². The Morgan fingerprint density at radius 2 is 2.24 bits per heavy atom. The maximum atomic E-state index is 13.5. The van der Waals surface area contributed by atoms with Gasteiger partial charge in [-0.05, 0) is 37.0 Å². The summed E-state index contributed by atoms with van der Waals surface area (Å²) >= 11 is 5.61. The number of rotatable bonds is 5. The van der Waals surface area contributed by atoms with Crippen molar-refractivity contribution >= 4 is 29.2 Å². The molecule has 1 N–H and O–H groups in total. The summed E-state index contributed by atoms with van der Waals surface area (Å²) in [5.41, 5.74) is -0.000764. The molecule has 0 saturated carbocycles. The number of anilines is 1. The Morgan fingerprint density at radius 3 is 2.90 bits per heavy atom. The molecule has 1 aromatic rings. The molecular formula is C15H15ClFNO3. The highest BCUT2D eigenvalue weighted by Crippen LogP contribution is 2.21. The summed E-state index contributed by atoms with van der Waals surface area (Å²) in [5.74, 6) is -1.47. The van der Waals surface area contributed by atoms with E-state index in [2.05, 4.69) is 5.32 Å². The normalized spacial score (nSPS) is 16.8. The van der Waals surface area contributed by atoms with E-state index >= 15 is 0 Å². The Hall–Kier alpha value is -1.88. The number of carbonyl (C=O) groups is 2. The molecule has 1 aliphatic rings. The van der Waals surface area contributed by atoms with E-state index in [1.165, 1.54) is 12.1 Å². The highest BCUT2D eigenvalue weighted by Gasteiger charge is 2.16. The Labute approximate surface area is 126 Å². The van der Waals surface area contributed by atoms with Crippen LogP contribution in [0.3, 0.4) is 0 Å². The standard InChI is InChI=1S/C15H15ClFNO3/c16-11-5-6-13(12(17)8-11)18-14(19)9-21-15(20)7-10-3-1-2-4-10/h1,3,5-6,8,10H,2,4,7,9H2,(H,18,19)/t10-/m1/s1. The van der Waals surface area contributed by atoms with Crippen LogP contribution in [0.4, 0.5) is 10.1 Å². The molecule has 0 radical (unpaired) electrons. The molecule has 2 rings (SSSR count). The molecule has 4 nitrogen and oxygen atoms in total. The first-order valence-corrected chi connectivity index (χ1v) is 6.99. The van der Waals surface area contributed by atoms with Crippen LogP contribution < -0.4 is 5.32 Å². The van der Waals surface area contributed by atoms with Crippen molar-refractivity contribution in [2.75, 3.05) is 11.9 Å². The molecule has 0 aromatic heterocycles. The summed E-state index contributed by atoms with van der Waals surface area (Å²) in [6.45, 7) is -0.433. The highest BCUT2D eigenvalue weighted by atomic mass is 35.5. The van der Waals surface area contributed by atoms with Crippen molar-refractivity contribution in [1.82, 2.24) is 0 Å². The molecule has 6 heteroatoms. The van der Waals surface area contributed by atoms with Crippen LogP contribution in [0.5, 0.6) is 0 Å². The van der Waals surface area contributed by atoms with Gasteiger partial charge >= 0.3 is 5.97 Å². The van der Waals surface area contributed by atoms with Gasteiger partial charge in [-0.15, -0.1) is 0 Å². The lowest BCUT2D eigenvalue weighted by Gasteiger charge is -2.09. The van der Waals surface area contributed by atoms with E-state index in [0.29, 0.717) is 0 Å². The van der Waals surface area contributed by atoms with E-state index < -0.39 is 24.3 Å². The smallest absolute Gasteiger partial charge is 0.306 e. The number of ether oxygens (including phenoxy) is 1. The van der Waals surface area contributed by atoms with E-state index in [9.17, 15) is 14.0 Å². The SMILES string of the molecule is O=C(COC(=O)C[C@@H]1C=CCC1)Nc1ccc(Cl)cc1F. The summed E-state index contributed by atoms with van der Waals surface area (Å²) in [6, 6.07) is 3.90. The van der Waals surface area contributed by atoms with Crippen molar-refractivity contribution in [3.8, 4) is 0 Å². The Kier molecular flexibility index (Phi) is 5.33. The predicted molar refractivity (Wildman–Crippen MR) is 77.5 cm³/mol. The molecule has 0 bridgehead atoms. The van der Waals surface area contributed by atoms with Gasteiger partial charge in [0.05, 0.1) is 12.1 Å². The topological polar surface area (TPSA) is 55.4 Å². The van der Waals surface area contributed by atoms with Gasteiger partial charge in [0.2, 0.25) is 0 Å². The van der Waals surface area contributed by atoms with Crippen molar-refractivity contribution in [3.63, 3.8) is 0 Å². The summed E-state index contributed by atoms with van der Waals surface area (Å²) in [4.78, 5) is 23.1. The lowest BCUT2D eigenvalue weighted by atomic mass is 10.1. The lowest BCUT2D eigenvalue weighted by molar-refractivity contribution is -0.147. The molecule has 0 heterocycles. The first-order chi connectivity index (χ1) is 10.0. The van der Waals surface area contributed by atoms with Gasteiger partial charge in [0.25, 0.3) is 5.91 Å². The fraction of sp³-hybridized carbons (Fsp3) is 0.333. The number of benzene rings is 1. The number of amides is 1. The van der Waals surface area contributed by atoms with Crippen molar-refractivity contribution < 1.29 is 18.7 Å². The van der Waals surface area contributed by atoms with Gasteiger partial charge in [-0.2, -0.15) is 0 Å². The highest BCUT2D eigenvalue weighted by molar-refractivity contribution is 6.30. The van der Waals surface area contributed by atoms with Crippen LogP contribution in [0.25, 0.3) is 0 Å². The lowest BCUT2D eigenvalue weighted by Crippen LogP contribution is -2.22. The van der Waals surface area contributed by atoms with Crippen LogP contribution >= 0.6 is 11.6 Å². The van der Waals surface area contributed by atoms with E-state index in [4.69, 9.17) is 16.3 Å². The largest absolute Gasteiger partial charge is 0.456 e. The monoisotopic (exact) mass is 311 g/mol. The minimum absolute atomic E-state index is 0.000764. The van der Waals surface area contributed by atoms with E-state index in [1.807, 2.05) is 12.2 Å². The first kappa shape index (κ1) is 15.5. The zero-order chi connectivity index (χ0) is 15.2. The number of allylic oxidation sites excluding steroid dienone is 2. The molecule has 0 fully saturated rings. The fourth-order valence-corrected chi connectivity index (χ4v) is 2.22. The molecule has 112 valence electrons. The quantitative estimate of drug-likeness (QED) is 0.670. The predicted octanol–water partition coefficient (Wildman–Crippen LogP) is 3.32. The van der Waals surface area contributed by atoms with Crippen molar-refractivity contribution in [2.45, 2.75) is 19.3 Å². The molecule has 0 saturated heterocycles. The maximum Gasteiger partial charge on any atom is 0.306 e. The van der Waals surface area contributed by atoms with Crippen LogP contribution in [0.15, 0.2) is 30.4 Å². The third kappa shape index (κ3) is 4.86. The Balaban J connectivity index is 1.76. The Bertz CT molecular complexity index is 574. The molecular weight excluding hydrogens is 297 g/mol. The molecule has 1 amide bonds. The van der Waals surface area contributed by atoms with Gasteiger partial charge in [-0.25, -0.2) is 4.39 Å². The molecule has 0 spiro atoms. The minimum Gasteiger partial charge on any atom is -0.456 e. The van der Waals surface area contributed by atoms with E-state index in [1.54, 1.807) is 0 Å². The summed E-state index contributed by atoms with van der Waals surface area (Å²) in [7, 11) is 0. The number of hydrogen-bond donors (Lipinski definition) is 1. The number of nitrogens with one attached hydrogen (secondary N) is 1. The second kappa shape index (κ2) is 7.22. The number of esters is 1. The van der Waals surface area contributed by atoms with Gasteiger partial charge in [-0.3, -0.25) is 9.59 Å². The second-order valence-electron chi connectivity index (χ2n) is 4.80. The van der Waals surface area contributed by atoms with Crippen LogP contribution in [0, 0.1) is 11.7 Å². The van der Waals surface area contributed by atoms with Crippen molar-refractivity contribution in [1.29, 1.82) is 0 Å².